The van der Waals surface area contributed by atoms with Gasteiger partial charge in [0.2, 0.25) is 0 Å². The number of pyridine rings is 1. The molecule has 7 nitrogen and oxygen atoms in total. The van der Waals surface area contributed by atoms with Gasteiger partial charge in [-0.15, -0.1) is 0 Å². The van der Waals surface area contributed by atoms with Gasteiger partial charge in [0.15, 0.2) is 0 Å². The van der Waals surface area contributed by atoms with Crippen LogP contribution >= 0.6 is 0 Å². The van der Waals surface area contributed by atoms with E-state index < -0.39 is 23.8 Å². The van der Waals surface area contributed by atoms with Crippen molar-refractivity contribution in [1.29, 1.82) is 5.26 Å². The first kappa shape index (κ1) is 23.7. The first-order valence-corrected chi connectivity index (χ1v) is 11.1. The Balaban J connectivity index is 1.68. The molecule has 10 heteroatoms. The van der Waals surface area contributed by atoms with Crippen molar-refractivity contribution in [2.24, 2.45) is 0 Å². The van der Waals surface area contributed by atoms with E-state index in [0.717, 1.165) is 32.0 Å². The molecule has 0 radical (unpaired) electrons. The number of hydrogen-bond donors (Lipinski definition) is 2. The van der Waals surface area contributed by atoms with Gasteiger partial charge in [-0.05, 0) is 51.8 Å². The molecule has 1 aliphatic rings. The molecule has 178 valence electrons. The van der Waals surface area contributed by atoms with E-state index in [2.05, 4.69) is 31.2 Å². The molecule has 2 aromatic heterocycles. The molecule has 0 saturated carbocycles. The highest BCUT2D eigenvalue weighted by Crippen LogP contribution is 2.32. The minimum absolute atomic E-state index is 0.0230. The Labute approximate surface area is 194 Å². The fourth-order valence-corrected chi connectivity index (χ4v) is 4.48. The van der Waals surface area contributed by atoms with Crippen molar-refractivity contribution in [3.8, 4) is 6.07 Å². The zero-order valence-corrected chi connectivity index (χ0v) is 18.9. The van der Waals surface area contributed by atoms with Crippen molar-refractivity contribution in [3.63, 3.8) is 0 Å². The van der Waals surface area contributed by atoms with Crippen molar-refractivity contribution in [3.05, 3.63) is 63.0 Å². The predicted molar refractivity (Wildman–Crippen MR) is 122 cm³/mol. The molecule has 1 aromatic carbocycles. The molecule has 0 aliphatic carbocycles. The van der Waals surface area contributed by atoms with Crippen molar-refractivity contribution < 1.29 is 13.2 Å². The van der Waals surface area contributed by atoms with Gasteiger partial charge >= 0.3 is 0 Å². The number of anilines is 1. The van der Waals surface area contributed by atoms with Crippen LogP contribution in [0.2, 0.25) is 0 Å². The highest BCUT2D eigenvalue weighted by molar-refractivity contribution is 5.87. The molecule has 0 amide bonds. The summed E-state index contributed by atoms with van der Waals surface area (Å²) < 4.78 is 41.0. The molecule has 0 bridgehead atoms. The van der Waals surface area contributed by atoms with Crippen LogP contribution in [0.3, 0.4) is 0 Å². The third kappa shape index (κ3) is 4.75. The van der Waals surface area contributed by atoms with Crippen molar-refractivity contribution in [1.82, 2.24) is 19.9 Å². The number of H-pyrrole nitrogens is 1. The summed E-state index contributed by atoms with van der Waals surface area (Å²) in [6.07, 6.45) is -1.43. The Kier molecular flexibility index (Phi) is 6.84. The van der Waals surface area contributed by atoms with Gasteiger partial charge in [-0.2, -0.15) is 5.26 Å². The fourth-order valence-electron chi connectivity index (χ4n) is 4.48. The van der Waals surface area contributed by atoms with Gasteiger partial charge < -0.3 is 10.3 Å². The van der Waals surface area contributed by atoms with Gasteiger partial charge in [0.1, 0.15) is 23.1 Å². The lowest BCUT2D eigenvalue weighted by atomic mass is 9.90. The van der Waals surface area contributed by atoms with E-state index in [9.17, 15) is 18.0 Å². The van der Waals surface area contributed by atoms with Crippen LogP contribution in [0.5, 0.6) is 0 Å². The second kappa shape index (κ2) is 9.81. The summed E-state index contributed by atoms with van der Waals surface area (Å²) in [5.41, 5.74) is 0.179. The number of hydrogen-bond acceptors (Lipinski definition) is 6. The number of aryl methyl sites for hydroxylation is 1. The van der Waals surface area contributed by atoms with Gasteiger partial charge in [0.05, 0.1) is 29.6 Å². The van der Waals surface area contributed by atoms with Gasteiger partial charge in [-0.25, -0.2) is 23.1 Å². The maximum absolute atomic E-state index is 14.7. The SMILES string of the molecule is Cc1nc(N[C@H](C)c2cccc(C(F)F)c2F)c2cc(C3CCN(CC#N)CC3)c(=O)[nH]c2n1. The first-order valence-electron chi connectivity index (χ1n) is 11.1. The summed E-state index contributed by atoms with van der Waals surface area (Å²) >= 11 is 0. The lowest BCUT2D eigenvalue weighted by Crippen LogP contribution is -2.34. The molecule has 1 fully saturated rings. The number of likely N-dealkylation sites (tertiary alicyclic amines) is 1. The minimum Gasteiger partial charge on any atom is -0.363 e. The van der Waals surface area contributed by atoms with Gasteiger partial charge in [0.25, 0.3) is 12.0 Å². The van der Waals surface area contributed by atoms with E-state index in [1.54, 1.807) is 19.9 Å². The van der Waals surface area contributed by atoms with E-state index in [0.29, 0.717) is 34.8 Å². The molecule has 1 atom stereocenters. The number of nitrogens with one attached hydrogen (secondary N) is 2. The molecule has 4 rings (SSSR count). The monoisotopic (exact) mass is 470 g/mol. The number of halogens is 3. The molecular formula is C24H25F3N6O. The van der Waals surface area contributed by atoms with Gasteiger partial charge in [-0.3, -0.25) is 9.69 Å². The number of aromatic nitrogens is 3. The Hall–Kier alpha value is -3.45. The maximum atomic E-state index is 14.7. The summed E-state index contributed by atoms with van der Waals surface area (Å²) in [5.74, 6) is -0.144. The quantitative estimate of drug-likeness (QED) is 0.512. The Morgan fingerprint density at radius 1 is 1.26 bits per heavy atom. The van der Waals surface area contributed by atoms with E-state index in [1.165, 1.54) is 12.1 Å². The zero-order valence-electron chi connectivity index (χ0n) is 18.9. The third-order valence-corrected chi connectivity index (χ3v) is 6.29. The first-order chi connectivity index (χ1) is 16.3. The number of fused-ring (bicyclic) bond motifs is 1. The minimum atomic E-state index is -2.92. The Bertz CT molecular complexity index is 1290. The number of aromatic amines is 1. The number of nitrogens with zero attached hydrogens (tertiary/aromatic N) is 4. The van der Waals surface area contributed by atoms with E-state index in [1.807, 2.05) is 0 Å². The van der Waals surface area contributed by atoms with Crippen LogP contribution in [0.1, 0.15) is 60.7 Å². The molecule has 0 unspecified atom stereocenters. The van der Waals surface area contributed by atoms with Crippen LogP contribution in [0.15, 0.2) is 29.1 Å². The van der Waals surface area contributed by atoms with Crippen LogP contribution < -0.4 is 10.9 Å². The molecule has 0 spiro atoms. The number of piperidine rings is 1. The number of benzene rings is 1. The van der Waals surface area contributed by atoms with Crippen LogP contribution in [0, 0.1) is 24.1 Å². The Morgan fingerprint density at radius 2 is 1.97 bits per heavy atom. The average Bonchev–Trinajstić information content (AvgIpc) is 2.79. The maximum Gasteiger partial charge on any atom is 0.266 e. The molecule has 1 saturated heterocycles. The number of rotatable bonds is 6. The summed E-state index contributed by atoms with van der Waals surface area (Å²) in [4.78, 5) is 26.5. The van der Waals surface area contributed by atoms with E-state index in [-0.39, 0.29) is 17.0 Å². The van der Waals surface area contributed by atoms with Crippen molar-refractivity contribution >= 4 is 16.9 Å². The third-order valence-electron chi connectivity index (χ3n) is 6.29. The summed E-state index contributed by atoms with van der Waals surface area (Å²) in [6, 6.07) is 7.17. The molecule has 1 aliphatic heterocycles. The summed E-state index contributed by atoms with van der Waals surface area (Å²) in [5, 5.41) is 12.6. The topological polar surface area (TPSA) is 97.7 Å². The fraction of sp³-hybridized carbons (Fsp3) is 0.417. The van der Waals surface area contributed by atoms with E-state index >= 15 is 0 Å². The highest BCUT2D eigenvalue weighted by Gasteiger charge is 2.25. The summed E-state index contributed by atoms with van der Waals surface area (Å²) in [6.45, 7) is 5.14. The second-order valence-corrected chi connectivity index (χ2v) is 8.56. The molecule has 3 heterocycles. The van der Waals surface area contributed by atoms with Crippen LogP contribution in [-0.2, 0) is 0 Å². The van der Waals surface area contributed by atoms with Gasteiger partial charge in [-0.1, -0.05) is 18.2 Å². The normalized spacial score (nSPS) is 16.0. The highest BCUT2D eigenvalue weighted by atomic mass is 19.3. The molecular weight excluding hydrogens is 445 g/mol. The largest absolute Gasteiger partial charge is 0.363 e. The number of alkyl halides is 2. The van der Waals surface area contributed by atoms with Crippen molar-refractivity contribution in [2.45, 2.75) is 45.1 Å². The van der Waals surface area contributed by atoms with E-state index in [4.69, 9.17) is 5.26 Å². The molecule has 34 heavy (non-hydrogen) atoms. The Morgan fingerprint density at radius 3 is 2.65 bits per heavy atom. The predicted octanol–water partition coefficient (Wildman–Crippen LogP) is 4.58. The van der Waals surface area contributed by atoms with Crippen LogP contribution in [0.25, 0.3) is 11.0 Å². The smallest absolute Gasteiger partial charge is 0.266 e. The van der Waals surface area contributed by atoms with Crippen LogP contribution in [0.4, 0.5) is 19.0 Å². The standard InChI is InChI=1S/C24H25F3N6O/c1-13(16-4-3-5-17(20(16)25)21(26)27)29-22-19-12-18(15-6-9-33(10-7-15)11-8-28)24(34)32-23(19)31-14(2)30-22/h3-5,12-13,15,21H,6-7,9-11H2,1-2H3,(H2,29,30,31,32,34)/t13-/m1/s1. The lowest BCUT2D eigenvalue weighted by Gasteiger charge is -2.30. The zero-order chi connectivity index (χ0) is 24.4. The molecule has 2 N–H and O–H groups in total. The van der Waals surface area contributed by atoms with Crippen molar-refractivity contribution in [2.75, 3.05) is 25.0 Å². The molecule has 3 aromatic rings. The number of nitriles is 1. The summed E-state index contributed by atoms with van der Waals surface area (Å²) in [7, 11) is 0. The average molecular weight is 470 g/mol. The van der Waals surface area contributed by atoms with Gasteiger partial charge in [0, 0.05) is 11.1 Å². The second-order valence-electron chi connectivity index (χ2n) is 8.56. The lowest BCUT2D eigenvalue weighted by molar-refractivity contribution is 0.146. The van der Waals surface area contributed by atoms with Crippen LogP contribution in [-0.4, -0.2) is 39.5 Å².